The van der Waals surface area contributed by atoms with Crippen LogP contribution in [-0.4, -0.2) is 12.0 Å². The van der Waals surface area contributed by atoms with Crippen LogP contribution in [0.3, 0.4) is 0 Å². The molecular formula is C13H13BrClN3. The molecule has 5 heteroatoms. The molecule has 0 spiro atoms. The van der Waals surface area contributed by atoms with Crippen molar-refractivity contribution in [1.82, 2.24) is 4.98 Å². The topological polar surface area (TPSA) is 42.1 Å². The Morgan fingerprint density at radius 2 is 2.11 bits per heavy atom. The fourth-order valence-electron chi connectivity index (χ4n) is 1.70. The van der Waals surface area contributed by atoms with E-state index >= 15 is 0 Å². The number of nitrogens with two attached hydrogens (primary N) is 1. The van der Waals surface area contributed by atoms with Crippen LogP contribution in [0.15, 0.2) is 41.0 Å². The van der Waals surface area contributed by atoms with E-state index in [2.05, 4.69) is 20.9 Å². The Balaban J connectivity index is 2.22. The van der Waals surface area contributed by atoms with Crippen molar-refractivity contribution in [3.8, 4) is 0 Å². The van der Waals surface area contributed by atoms with Crippen LogP contribution in [0.2, 0.25) is 5.02 Å². The first-order chi connectivity index (χ1) is 8.58. The van der Waals surface area contributed by atoms with Crippen LogP contribution >= 0.6 is 27.5 Å². The van der Waals surface area contributed by atoms with Gasteiger partial charge in [0.25, 0.3) is 0 Å². The maximum absolute atomic E-state index is 5.93. The molecule has 1 heterocycles. The second kappa shape index (κ2) is 5.59. The van der Waals surface area contributed by atoms with Gasteiger partial charge in [-0.25, -0.2) is 4.98 Å². The molecule has 0 unspecified atom stereocenters. The number of hydrogen-bond acceptors (Lipinski definition) is 3. The highest BCUT2D eigenvalue weighted by Crippen LogP contribution is 2.27. The monoisotopic (exact) mass is 325 g/mol. The van der Waals surface area contributed by atoms with E-state index in [0.717, 1.165) is 21.5 Å². The minimum absolute atomic E-state index is 0.609. The molecule has 0 aliphatic rings. The van der Waals surface area contributed by atoms with E-state index in [1.807, 2.05) is 42.3 Å². The third kappa shape index (κ3) is 2.94. The van der Waals surface area contributed by atoms with Crippen LogP contribution in [0.1, 0.15) is 5.56 Å². The Bertz CT molecular complexity index is 560. The first-order valence-corrected chi connectivity index (χ1v) is 6.60. The van der Waals surface area contributed by atoms with Gasteiger partial charge in [-0.3, -0.25) is 0 Å². The number of pyridine rings is 1. The van der Waals surface area contributed by atoms with Crippen molar-refractivity contribution in [2.45, 2.75) is 6.54 Å². The van der Waals surface area contributed by atoms with Gasteiger partial charge in [-0.05, 0) is 33.6 Å². The molecule has 0 saturated carbocycles. The summed E-state index contributed by atoms with van der Waals surface area (Å²) in [7, 11) is 1.97. The largest absolute Gasteiger partial charge is 0.398 e. The zero-order valence-corrected chi connectivity index (χ0v) is 12.2. The van der Waals surface area contributed by atoms with Crippen LogP contribution in [0.5, 0.6) is 0 Å². The van der Waals surface area contributed by atoms with Crippen LogP contribution in [0.4, 0.5) is 11.5 Å². The number of aromatic nitrogens is 1. The third-order valence-corrected chi connectivity index (χ3v) is 3.40. The van der Waals surface area contributed by atoms with Crippen LogP contribution in [0.25, 0.3) is 0 Å². The van der Waals surface area contributed by atoms with Crippen LogP contribution in [-0.2, 0) is 6.54 Å². The van der Waals surface area contributed by atoms with Gasteiger partial charge in [0.05, 0.1) is 9.50 Å². The van der Waals surface area contributed by atoms with Crippen molar-refractivity contribution in [1.29, 1.82) is 0 Å². The standard InChI is InChI=1S/C13H13BrClN3/c1-18(8-9-4-2-3-5-12(9)16)13-11(14)6-10(15)7-17-13/h2-7H,8,16H2,1H3. The van der Waals surface area contributed by atoms with Crippen molar-refractivity contribution in [2.75, 3.05) is 17.7 Å². The SMILES string of the molecule is CN(Cc1ccccc1N)c1ncc(Cl)cc1Br. The van der Waals surface area contributed by atoms with E-state index < -0.39 is 0 Å². The molecule has 2 N–H and O–H groups in total. The molecule has 2 rings (SSSR count). The van der Waals surface area contributed by atoms with Gasteiger partial charge in [0, 0.05) is 25.5 Å². The summed E-state index contributed by atoms with van der Waals surface area (Å²) < 4.78 is 0.868. The maximum Gasteiger partial charge on any atom is 0.143 e. The summed E-state index contributed by atoms with van der Waals surface area (Å²) in [4.78, 5) is 6.33. The lowest BCUT2D eigenvalue weighted by molar-refractivity contribution is 0.896. The number of para-hydroxylation sites is 1. The second-order valence-electron chi connectivity index (χ2n) is 4.01. The quantitative estimate of drug-likeness (QED) is 0.874. The molecule has 0 amide bonds. The average molecular weight is 327 g/mol. The summed E-state index contributed by atoms with van der Waals surface area (Å²) in [5, 5.41) is 0.609. The lowest BCUT2D eigenvalue weighted by Crippen LogP contribution is -2.19. The fraction of sp³-hybridized carbons (Fsp3) is 0.154. The molecule has 3 nitrogen and oxygen atoms in total. The van der Waals surface area contributed by atoms with E-state index in [1.165, 1.54) is 0 Å². The van der Waals surface area contributed by atoms with Crippen LogP contribution in [0, 0.1) is 0 Å². The number of nitrogen functional groups attached to an aromatic ring is 1. The number of rotatable bonds is 3. The number of nitrogens with zero attached hydrogens (tertiary/aromatic N) is 2. The van der Waals surface area contributed by atoms with Gasteiger partial charge in [-0.2, -0.15) is 0 Å². The van der Waals surface area contributed by atoms with E-state index in [9.17, 15) is 0 Å². The fourth-order valence-corrected chi connectivity index (χ4v) is 2.64. The van der Waals surface area contributed by atoms with Crippen molar-refractivity contribution in [3.63, 3.8) is 0 Å². The number of hydrogen-bond donors (Lipinski definition) is 1. The molecule has 0 fully saturated rings. The minimum Gasteiger partial charge on any atom is -0.398 e. The first-order valence-electron chi connectivity index (χ1n) is 5.43. The number of anilines is 2. The lowest BCUT2D eigenvalue weighted by Gasteiger charge is -2.20. The molecular weight excluding hydrogens is 314 g/mol. The smallest absolute Gasteiger partial charge is 0.143 e. The molecule has 2 aromatic rings. The van der Waals surface area contributed by atoms with Crippen molar-refractivity contribution in [3.05, 3.63) is 51.6 Å². The molecule has 0 aliphatic heterocycles. The van der Waals surface area contributed by atoms with E-state index in [-0.39, 0.29) is 0 Å². The highest BCUT2D eigenvalue weighted by atomic mass is 79.9. The van der Waals surface area contributed by atoms with Gasteiger partial charge in [-0.15, -0.1) is 0 Å². The molecule has 1 aromatic carbocycles. The van der Waals surface area contributed by atoms with Gasteiger partial charge in [0.15, 0.2) is 0 Å². The van der Waals surface area contributed by atoms with Gasteiger partial charge in [-0.1, -0.05) is 29.8 Å². The van der Waals surface area contributed by atoms with E-state index in [1.54, 1.807) is 6.20 Å². The molecule has 18 heavy (non-hydrogen) atoms. The zero-order chi connectivity index (χ0) is 13.1. The molecule has 0 saturated heterocycles. The zero-order valence-electron chi connectivity index (χ0n) is 9.90. The summed E-state index contributed by atoms with van der Waals surface area (Å²) in [6, 6.07) is 9.64. The molecule has 0 bridgehead atoms. The Kier molecular flexibility index (Phi) is 4.09. The summed E-state index contributed by atoms with van der Waals surface area (Å²) in [5.41, 5.74) is 7.79. The molecule has 0 radical (unpaired) electrons. The Hall–Kier alpha value is -1.26. The predicted molar refractivity (Wildman–Crippen MR) is 79.9 cm³/mol. The van der Waals surface area contributed by atoms with Gasteiger partial charge in [0.2, 0.25) is 0 Å². The molecule has 94 valence electrons. The summed E-state index contributed by atoms with van der Waals surface area (Å²) >= 11 is 9.34. The van der Waals surface area contributed by atoms with Gasteiger partial charge in [0.1, 0.15) is 5.82 Å². The summed E-state index contributed by atoms with van der Waals surface area (Å²) in [6.07, 6.45) is 1.63. The van der Waals surface area contributed by atoms with Gasteiger partial charge >= 0.3 is 0 Å². The maximum atomic E-state index is 5.93. The highest BCUT2D eigenvalue weighted by molar-refractivity contribution is 9.10. The molecule has 0 atom stereocenters. The van der Waals surface area contributed by atoms with E-state index in [4.69, 9.17) is 17.3 Å². The Morgan fingerprint density at radius 1 is 1.39 bits per heavy atom. The van der Waals surface area contributed by atoms with Crippen molar-refractivity contribution >= 4 is 39.0 Å². The highest BCUT2D eigenvalue weighted by Gasteiger charge is 2.09. The summed E-state index contributed by atoms with van der Waals surface area (Å²) in [5.74, 6) is 0.836. The van der Waals surface area contributed by atoms with Gasteiger partial charge < -0.3 is 10.6 Å². The third-order valence-electron chi connectivity index (χ3n) is 2.61. The van der Waals surface area contributed by atoms with Crippen molar-refractivity contribution in [2.24, 2.45) is 0 Å². The average Bonchev–Trinajstić information content (AvgIpc) is 2.32. The second-order valence-corrected chi connectivity index (χ2v) is 5.30. The molecule has 0 aliphatic carbocycles. The number of benzene rings is 1. The van der Waals surface area contributed by atoms with E-state index in [0.29, 0.717) is 11.6 Å². The number of halogens is 2. The lowest BCUT2D eigenvalue weighted by atomic mass is 10.2. The minimum atomic E-state index is 0.609. The normalized spacial score (nSPS) is 10.4. The first kappa shape index (κ1) is 13.2. The van der Waals surface area contributed by atoms with Crippen molar-refractivity contribution < 1.29 is 0 Å². The van der Waals surface area contributed by atoms with Crippen LogP contribution < -0.4 is 10.6 Å². The Morgan fingerprint density at radius 3 is 2.78 bits per heavy atom. The molecule has 1 aromatic heterocycles. The Labute approximate surface area is 120 Å². The summed E-state index contributed by atoms with van der Waals surface area (Å²) in [6.45, 7) is 0.694. The predicted octanol–water partition coefficient (Wildman–Crippen LogP) is 3.72.